The number of halogens is 3. The maximum absolute atomic E-state index is 13.0. The molecule has 2 rings (SSSR count). The van der Waals surface area contributed by atoms with Crippen molar-refractivity contribution < 1.29 is 9.18 Å². The fourth-order valence-corrected chi connectivity index (χ4v) is 2.05. The van der Waals surface area contributed by atoms with Gasteiger partial charge in [0.25, 0.3) is 5.91 Å². The number of carbonyl (C=O) groups is 1. The molecule has 0 aliphatic rings. The van der Waals surface area contributed by atoms with E-state index in [-0.39, 0.29) is 11.3 Å². The van der Waals surface area contributed by atoms with E-state index >= 15 is 0 Å². The van der Waals surface area contributed by atoms with Crippen molar-refractivity contribution in [3.8, 4) is 6.07 Å². The van der Waals surface area contributed by atoms with Crippen molar-refractivity contribution in [2.75, 3.05) is 5.32 Å². The SMILES string of the molecule is N#Cc1cc(F)ccc1NC(=O)c1ccc(Cl)c(Br)c1. The second kappa shape index (κ2) is 6.04. The lowest BCUT2D eigenvalue weighted by Gasteiger charge is -2.08. The van der Waals surface area contributed by atoms with Gasteiger partial charge in [-0.05, 0) is 52.3 Å². The van der Waals surface area contributed by atoms with Gasteiger partial charge >= 0.3 is 0 Å². The molecular formula is C14H7BrClFN2O. The van der Waals surface area contributed by atoms with E-state index in [0.717, 1.165) is 6.07 Å². The highest BCUT2D eigenvalue weighted by Crippen LogP contribution is 2.24. The molecule has 0 heterocycles. The monoisotopic (exact) mass is 352 g/mol. The van der Waals surface area contributed by atoms with Crippen molar-refractivity contribution in [1.29, 1.82) is 5.26 Å². The molecule has 0 aromatic heterocycles. The number of nitrogens with one attached hydrogen (secondary N) is 1. The minimum absolute atomic E-state index is 0.0615. The number of carbonyl (C=O) groups excluding carboxylic acids is 1. The molecule has 2 aromatic carbocycles. The fourth-order valence-electron chi connectivity index (χ4n) is 1.55. The Morgan fingerprint density at radius 1 is 1.30 bits per heavy atom. The molecule has 100 valence electrons. The molecule has 20 heavy (non-hydrogen) atoms. The normalized spacial score (nSPS) is 9.90. The molecule has 1 amide bonds. The molecule has 0 aliphatic carbocycles. The van der Waals surface area contributed by atoms with E-state index in [1.54, 1.807) is 18.2 Å². The van der Waals surface area contributed by atoms with Crippen LogP contribution in [0.1, 0.15) is 15.9 Å². The van der Waals surface area contributed by atoms with Crippen molar-refractivity contribution in [3.63, 3.8) is 0 Å². The van der Waals surface area contributed by atoms with Crippen LogP contribution < -0.4 is 5.32 Å². The average molecular weight is 354 g/mol. The molecular weight excluding hydrogens is 347 g/mol. The van der Waals surface area contributed by atoms with Gasteiger partial charge in [-0.3, -0.25) is 4.79 Å². The lowest BCUT2D eigenvalue weighted by Crippen LogP contribution is -2.13. The summed E-state index contributed by atoms with van der Waals surface area (Å²) in [5.74, 6) is -0.945. The van der Waals surface area contributed by atoms with Crippen LogP contribution in [0.15, 0.2) is 40.9 Å². The fraction of sp³-hybridized carbons (Fsp3) is 0. The molecule has 0 bridgehead atoms. The Hall–Kier alpha value is -1.90. The number of nitrogens with zero attached hydrogens (tertiary/aromatic N) is 1. The third-order valence-corrected chi connectivity index (χ3v) is 3.75. The van der Waals surface area contributed by atoms with Crippen LogP contribution in [-0.2, 0) is 0 Å². The molecule has 0 radical (unpaired) electrons. The van der Waals surface area contributed by atoms with E-state index in [9.17, 15) is 9.18 Å². The predicted molar refractivity (Wildman–Crippen MR) is 78.2 cm³/mol. The molecule has 3 nitrogen and oxygen atoms in total. The summed E-state index contributed by atoms with van der Waals surface area (Å²) in [7, 11) is 0. The molecule has 0 fully saturated rings. The van der Waals surface area contributed by atoms with Gasteiger partial charge in [0.1, 0.15) is 11.9 Å². The Labute approximate surface area is 128 Å². The third kappa shape index (κ3) is 3.16. The van der Waals surface area contributed by atoms with Gasteiger partial charge in [0.2, 0.25) is 0 Å². The summed E-state index contributed by atoms with van der Waals surface area (Å²) < 4.78 is 13.6. The molecule has 0 unspecified atom stereocenters. The Kier molecular flexibility index (Phi) is 4.38. The molecule has 6 heteroatoms. The second-order valence-electron chi connectivity index (χ2n) is 3.88. The quantitative estimate of drug-likeness (QED) is 0.872. The molecule has 0 spiro atoms. The molecule has 2 aromatic rings. The third-order valence-electron chi connectivity index (χ3n) is 2.53. The Morgan fingerprint density at radius 2 is 2.05 bits per heavy atom. The molecule has 0 atom stereocenters. The summed E-state index contributed by atoms with van der Waals surface area (Å²) in [6.45, 7) is 0. The largest absolute Gasteiger partial charge is 0.321 e. The van der Waals surface area contributed by atoms with Crippen molar-refractivity contribution in [3.05, 3.63) is 62.8 Å². The van der Waals surface area contributed by atoms with Gasteiger partial charge in [-0.1, -0.05) is 11.6 Å². The van der Waals surface area contributed by atoms with E-state index in [4.69, 9.17) is 16.9 Å². The first-order valence-corrected chi connectivity index (χ1v) is 6.64. The Morgan fingerprint density at radius 3 is 2.70 bits per heavy atom. The van der Waals surface area contributed by atoms with Crippen molar-refractivity contribution in [2.24, 2.45) is 0 Å². The van der Waals surface area contributed by atoms with E-state index < -0.39 is 11.7 Å². The highest BCUT2D eigenvalue weighted by molar-refractivity contribution is 9.10. The van der Waals surface area contributed by atoms with E-state index in [1.165, 1.54) is 12.1 Å². The van der Waals surface area contributed by atoms with Crippen LogP contribution >= 0.6 is 27.5 Å². The summed E-state index contributed by atoms with van der Waals surface area (Å²) >= 11 is 9.07. The van der Waals surface area contributed by atoms with Crippen LogP contribution in [-0.4, -0.2) is 5.91 Å². The summed E-state index contributed by atoms with van der Waals surface area (Å²) in [4.78, 5) is 12.1. The summed E-state index contributed by atoms with van der Waals surface area (Å²) in [6.07, 6.45) is 0. The zero-order chi connectivity index (χ0) is 14.7. The smallest absolute Gasteiger partial charge is 0.255 e. The number of benzene rings is 2. The minimum atomic E-state index is -0.534. The van der Waals surface area contributed by atoms with Crippen LogP contribution in [0.4, 0.5) is 10.1 Å². The van der Waals surface area contributed by atoms with Crippen molar-refractivity contribution >= 4 is 39.1 Å². The first kappa shape index (κ1) is 14.5. The van der Waals surface area contributed by atoms with Crippen LogP contribution in [0.5, 0.6) is 0 Å². The summed E-state index contributed by atoms with van der Waals surface area (Å²) in [5, 5.41) is 12.0. The summed E-state index contributed by atoms with van der Waals surface area (Å²) in [6, 6.07) is 10.1. The van der Waals surface area contributed by atoms with Gasteiger partial charge in [-0.25, -0.2) is 4.39 Å². The highest BCUT2D eigenvalue weighted by Gasteiger charge is 2.11. The second-order valence-corrected chi connectivity index (χ2v) is 5.15. The first-order valence-electron chi connectivity index (χ1n) is 5.47. The van der Waals surface area contributed by atoms with E-state index in [0.29, 0.717) is 15.1 Å². The number of hydrogen-bond donors (Lipinski definition) is 1. The number of hydrogen-bond acceptors (Lipinski definition) is 2. The standard InChI is InChI=1S/C14H7BrClFN2O/c15-11-6-8(1-3-12(11)16)14(20)19-13-4-2-10(17)5-9(13)7-18/h1-6H,(H,19,20). The first-order chi connectivity index (χ1) is 9.51. The Balaban J connectivity index is 2.28. The maximum Gasteiger partial charge on any atom is 0.255 e. The van der Waals surface area contributed by atoms with Gasteiger partial charge in [0.15, 0.2) is 0 Å². The van der Waals surface area contributed by atoms with Crippen molar-refractivity contribution in [1.82, 2.24) is 0 Å². The van der Waals surface area contributed by atoms with Gasteiger partial charge < -0.3 is 5.32 Å². The molecule has 1 N–H and O–H groups in total. The van der Waals surface area contributed by atoms with Gasteiger partial charge in [-0.15, -0.1) is 0 Å². The zero-order valence-electron chi connectivity index (χ0n) is 9.95. The van der Waals surface area contributed by atoms with Crippen LogP contribution in [0, 0.1) is 17.1 Å². The highest BCUT2D eigenvalue weighted by atomic mass is 79.9. The Bertz CT molecular complexity index is 728. The van der Waals surface area contributed by atoms with Gasteiger partial charge in [0, 0.05) is 10.0 Å². The molecule has 0 aliphatic heterocycles. The topological polar surface area (TPSA) is 52.9 Å². The van der Waals surface area contributed by atoms with Crippen molar-refractivity contribution in [2.45, 2.75) is 0 Å². The number of nitriles is 1. The number of amides is 1. The summed E-state index contributed by atoms with van der Waals surface area (Å²) in [5.41, 5.74) is 0.686. The van der Waals surface area contributed by atoms with Gasteiger partial charge in [-0.2, -0.15) is 5.26 Å². The lowest BCUT2D eigenvalue weighted by atomic mass is 10.1. The van der Waals surface area contributed by atoms with E-state index in [2.05, 4.69) is 21.2 Å². The average Bonchev–Trinajstić information content (AvgIpc) is 2.43. The van der Waals surface area contributed by atoms with E-state index in [1.807, 2.05) is 6.07 Å². The number of anilines is 1. The van der Waals surface area contributed by atoms with Crippen LogP contribution in [0.3, 0.4) is 0 Å². The lowest BCUT2D eigenvalue weighted by molar-refractivity contribution is 0.102. The number of rotatable bonds is 2. The van der Waals surface area contributed by atoms with Crippen LogP contribution in [0.2, 0.25) is 5.02 Å². The zero-order valence-corrected chi connectivity index (χ0v) is 12.3. The maximum atomic E-state index is 13.0. The predicted octanol–water partition coefficient (Wildman–Crippen LogP) is 4.37. The molecule has 0 saturated heterocycles. The molecule has 0 saturated carbocycles. The van der Waals surface area contributed by atoms with Crippen LogP contribution in [0.25, 0.3) is 0 Å². The van der Waals surface area contributed by atoms with Gasteiger partial charge in [0.05, 0.1) is 16.3 Å². The minimum Gasteiger partial charge on any atom is -0.321 e.